The summed E-state index contributed by atoms with van der Waals surface area (Å²) in [5.41, 5.74) is 0.873. The molecule has 3 aromatic rings. The van der Waals surface area contributed by atoms with Gasteiger partial charge in [0.1, 0.15) is 23.9 Å². The first-order chi connectivity index (χ1) is 13.6. The molecule has 1 fully saturated rings. The fourth-order valence-electron chi connectivity index (χ4n) is 2.75. The number of nitrogens with one attached hydrogen (secondary N) is 2. The minimum atomic E-state index is -0.824. The minimum Gasteiger partial charge on any atom is -0.508 e. The topological polar surface area (TPSA) is 101 Å². The molecule has 1 saturated heterocycles. The van der Waals surface area contributed by atoms with Gasteiger partial charge in [0.15, 0.2) is 6.04 Å². The molecule has 1 unspecified atom stereocenters. The molecule has 3 N–H and O–H groups in total. The molecule has 2 aromatic carbocycles. The molecule has 1 aromatic heterocycles. The second-order valence-corrected chi connectivity index (χ2v) is 7.19. The van der Waals surface area contributed by atoms with Crippen LogP contribution in [0.25, 0.3) is 0 Å². The Kier molecular flexibility index (Phi) is 4.94. The summed E-state index contributed by atoms with van der Waals surface area (Å²) in [7, 11) is 0. The second-order valence-electron chi connectivity index (χ2n) is 6.08. The molecule has 3 amide bonds. The second kappa shape index (κ2) is 7.69. The summed E-state index contributed by atoms with van der Waals surface area (Å²) in [4.78, 5) is 24.8. The molecule has 0 aliphatic carbocycles. The van der Waals surface area contributed by atoms with Crippen LogP contribution >= 0.6 is 11.8 Å². The molecule has 7 nitrogen and oxygen atoms in total. The third kappa shape index (κ3) is 3.96. The molecule has 1 atom stereocenters. The number of amides is 3. The Labute approximate surface area is 164 Å². The first-order valence-corrected chi connectivity index (χ1v) is 9.27. The molecule has 0 saturated carbocycles. The Hall–Kier alpha value is -3.39. The van der Waals surface area contributed by atoms with Crippen LogP contribution in [0.15, 0.2) is 75.1 Å². The molecular weight excluding hydrogens is 380 g/mol. The smallest absolute Gasteiger partial charge is 0.322 e. The lowest BCUT2D eigenvalue weighted by Gasteiger charge is -2.09. The first-order valence-electron chi connectivity index (χ1n) is 8.46. The fraction of sp³-hybridized carbons (Fsp3) is 0.100. The summed E-state index contributed by atoms with van der Waals surface area (Å²) >= 11 is 1.42. The number of furan rings is 1. The van der Waals surface area contributed by atoms with Crippen LogP contribution < -0.4 is 15.4 Å². The highest BCUT2D eigenvalue weighted by molar-refractivity contribution is 7.99. The summed E-state index contributed by atoms with van der Waals surface area (Å²) in [6.45, 7) is 0.350. The van der Waals surface area contributed by atoms with Gasteiger partial charge in [0, 0.05) is 4.90 Å². The first kappa shape index (κ1) is 18.0. The Morgan fingerprint density at radius 1 is 1.11 bits per heavy atom. The van der Waals surface area contributed by atoms with E-state index in [1.165, 1.54) is 18.0 Å². The monoisotopic (exact) mass is 396 g/mol. The molecule has 1 aliphatic heterocycles. The highest BCUT2D eigenvalue weighted by atomic mass is 32.2. The van der Waals surface area contributed by atoms with Crippen LogP contribution in [0.2, 0.25) is 0 Å². The molecule has 1 aliphatic rings. The van der Waals surface area contributed by atoms with Gasteiger partial charge in [0.05, 0.1) is 11.2 Å². The third-order valence-electron chi connectivity index (χ3n) is 4.06. The standard InChI is InChI=1S/C20H16N2O5S/c23-13-3-1-2-12(10-13)11-27-14-4-6-15(7-5-14)28-16-8-9-26-18(16)17-19(24)22-20(25)21-17/h1-10,17,23H,11H2,(H2,21,22,24,25). The average Bonchev–Trinajstić information content (AvgIpc) is 3.26. The normalized spacial score (nSPS) is 15.9. The van der Waals surface area contributed by atoms with Gasteiger partial charge >= 0.3 is 6.03 Å². The molecule has 0 radical (unpaired) electrons. The van der Waals surface area contributed by atoms with Gasteiger partial charge < -0.3 is 19.6 Å². The summed E-state index contributed by atoms with van der Waals surface area (Å²) in [6, 6.07) is 14.8. The van der Waals surface area contributed by atoms with E-state index in [-0.39, 0.29) is 5.75 Å². The number of carbonyl (C=O) groups is 2. The van der Waals surface area contributed by atoms with Gasteiger partial charge in [0.2, 0.25) is 0 Å². The zero-order chi connectivity index (χ0) is 19.5. The summed E-state index contributed by atoms with van der Waals surface area (Å²) in [5, 5.41) is 14.2. The Morgan fingerprint density at radius 3 is 2.64 bits per heavy atom. The molecule has 0 bridgehead atoms. The SMILES string of the molecule is O=C1NC(=O)C(c2occc2Sc2ccc(OCc3cccc(O)c3)cc2)N1. The van der Waals surface area contributed by atoms with Crippen molar-refractivity contribution >= 4 is 23.7 Å². The van der Waals surface area contributed by atoms with E-state index >= 15 is 0 Å². The van der Waals surface area contributed by atoms with Crippen molar-refractivity contribution in [3.8, 4) is 11.5 Å². The number of phenolic OH excluding ortho intramolecular Hbond substituents is 1. The van der Waals surface area contributed by atoms with E-state index < -0.39 is 18.0 Å². The number of hydrogen-bond donors (Lipinski definition) is 3. The van der Waals surface area contributed by atoms with Gasteiger partial charge in [-0.25, -0.2) is 4.79 Å². The maximum Gasteiger partial charge on any atom is 0.322 e. The van der Waals surface area contributed by atoms with Crippen LogP contribution in [0.1, 0.15) is 17.4 Å². The van der Waals surface area contributed by atoms with E-state index in [1.807, 2.05) is 30.3 Å². The maximum absolute atomic E-state index is 11.8. The Morgan fingerprint density at radius 2 is 1.93 bits per heavy atom. The van der Waals surface area contributed by atoms with Crippen LogP contribution in [0.3, 0.4) is 0 Å². The molecule has 4 rings (SSSR count). The van der Waals surface area contributed by atoms with Gasteiger partial charge in [0.25, 0.3) is 5.91 Å². The van der Waals surface area contributed by atoms with Gasteiger partial charge in [-0.05, 0) is 48.0 Å². The molecule has 28 heavy (non-hydrogen) atoms. The van der Waals surface area contributed by atoms with Crippen molar-refractivity contribution in [1.82, 2.24) is 10.6 Å². The number of hydrogen-bond acceptors (Lipinski definition) is 6. The number of carbonyl (C=O) groups excluding carboxylic acids is 2. The quantitative estimate of drug-likeness (QED) is 0.551. The summed E-state index contributed by atoms with van der Waals surface area (Å²) in [6.07, 6.45) is 1.49. The zero-order valence-corrected chi connectivity index (χ0v) is 15.4. The van der Waals surface area contributed by atoms with E-state index in [4.69, 9.17) is 9.15 Å². The summed E-state index contributed by atoms with van der Waals surface area (Å²) < 4.78 is 11.1. The fourth-order valence-corrected chi connectivity index (χ4v) is 3.67. The van der Waals surface area contributed by atoms with Crippen molar-refractivity contribution in [3.05, 3.63) is 72.2 Å². The van der Waals surface area contributed by atoms with E-state index in [1.54, 1.807) is 24.3 Å². The average molecular weight is 396 g/mol. The van der Waals surface area contributed by atoms with E-state index in [9.17, 15) is 14.7 Å². The molecule has 8 heteroatoms. The number of benzene rings is 2. The van der Waals surface area contributed by atoms with Crippen LogP contribution in [0.4, 0.5) is 4.79 Å². The van der Waals surface area contributed by atoms with Crippen LogP contribution in [0, 0.1) is 0 Å². The molecule has 2 heterocycles. The lowest BCUT2D eigenvalue weighted by Crippen LogP contribution is -2.22. The number of phenols is 1. The molecular formula is C20H16N2O5S. The minimum absolute atomic E-state index is 0.205. The zero-order valence-electron chi connectivity index (χ0n) is 14.5. The highest BCUT2D eigenvalue weighted by Gasteiger charge is 2.35. The lowest BCUT2D eigenvalue weighted by molar-refractivity contribution is -0.120. The van der Waals surface area contributed by atoms with E-state index in [0.717, 1.165) is 15.4 Å². The predicted molar refractivity (Wildman–Crippen MR) is 101 cm³/mol. The molecule has 142 valence electrons. The largest absolute Gasteiger partial charge is 0.508 e. The number of urea groups is 1. The van der Waals surface area contributed by atoms with Crippen LogP contribution in [-0.2, 0) is 11.4 Å². The Bertz CT molecular complexity index is 1020. The molecule has 0 spiro atoms. The van der Waals surface area contributed by atoms with Crippen molar-refractivity contribution in [3.63, 3.8) is 0 Å². The summed E-state index contributed by atoms with van der Waals surface area (Å²) in [5.74, 6) is 0.869. The Balaban J connectivity index is 1.41. The number of rotatable bonds is 6. The van der Waals surface area contributed by atoms with Gasteiger partial charge in [-0.3, -0.25) is 10.1 Å². The van der Waals surface area contributed by atoms with Crippen molar-refractivity contribution in [2.24, 2.45) is 0 Å². The number of ether oxygens (including phenoxy) is 1. The van der Waals surface area contributed by atoms with Crippen molar-refractivity contribution in [2.75, 3.05) is 0 Å². The van der Waals surface area contributed by atoms with Crippen LogP contribution in [-0.4, -0.2) is 17.0 Å². The van der Waals surface area contributed by atoms with Crippen LogP contribution in [0.5, 0.6) is 11.5 Å². The van der Waals surface area contributed by atoms with Gasteiger partial charge in [-0.15, -0.1) is 0 Å². The highest BCUT2D eigenvalue weighted by Crippen LogP contribution is 2.35. The lowest BCUT2D eigenvalue weighted by atomic mass is 10.2. The van der Waals surface area contributed by atoms with Gasteiger partial charge in [-0.1, -0.05) is 23.9 Å². The number of aromatic hydroxyl groups is 1. The van der Waals surface area contributed by atoms with Crippen molar-refractivity contribution in [2.45, 2.75) is 22.4 Å². The van der Waals surface area contributed by atoms with Crippen molar-refractivity contribution in [1.29, 1.82) is 0 Å². The maximum atomic E-state index is 11.8. The number of imide groups is 1. The van der Waals surface area contributed by atoms with Gasteiger partial charge in [-0.2, -0.15) is 0 Å². The van der Waals surface area contributed by atoms with E-state index in [2.05, 4.69) is 10.6 Å². The van der Waals surface area contributed by atoms with E-state index in [0.29, 0.717) is 18.1 Å². The third-order valence-corrected chi connectivity index (χ3v) is 5.13. The predicted octanol–water partition coefficient (Wildman–Crippen LogP) is 3.60. The van der Waals surface area contributed by atoms with Crippen molar-refractivity contribution < 1.29 is 23.8 Å².